The van der Waals surface area contributed by atoms with Crippen molar-refractivity contribution < 1.29 is 37.8 Å². The zero-order chi connectivity index (χ0) is 12.5. The van der Waals surface area contributed by atoms with Crippen LogP contribution in [0.15, 0.2) is 0 Å². The Morgan fingerprint density at radius 2 is 1.88 bits per heavy atom. The lowest BCUT2D eigenvalue weighted by Gasteiger charge is -2.40. The van der Waals surface area contributed by atoms with E-state index in [0.717, 1.165) is 7.11 Å². The van der Waals surface area contributed by atoms with Crippen molar-refractivity contribution in [3.63, 3.8) is 0 Å². The molecule has 0 aromatic carbocycles. The van der Waals surface area contributed by atoms with Gasteiger partial charge in [-0.2, -0.15) is 0 Å². The molecule has 0 spiro atoms. The first-order valence-corrected chi connectivity index (χ1v) is 6.00. The Bertz CT molecular complexity index is 327. The number of hydrogen-bond donors (Lipinski definition) is 3. The van der Waals surface area contributed by atoms with Gasteiger partial charge in [-0.25, -0.2) is 8.42 Å². The van der Waals surface area contributed by atoms with Gasteiger partial charge in [0.25, 0.3) is 0 Å². The second kappa shape index (κ2) is 4.92. The van der Waals surface area contributed by atoms with Crippen LogP contribution < -0.4 is 0 Å². The molecular weight excluding hydrogens is 244 g/mol. The number of ether oxygens (including phenoxy) is 2. The Kier molecular flexibility index (Phi) is 4.23. The van der Waals surface area contributed by atoms with Gasteiger partial charge >= 0.3 is 0 Å². The molecule has 5 atom stereocenters. The number of aliphatic hydroxyl groups excluding tert-OH is 3. The average molecular weight is 257 g/mol. The van der Waals surface area contributed by atoms with Crippen molar-refractivity contribution in [3.05, 3.63) is 0 Å². The summed E-state index contributed by atoms with van der Waals surface area (Å²) in [6, 6.07) is 0. The fourth-order valence-electron chi connectivity index (χ4n) is 1.55. The van der Waals surface area contributed by atoms with Gasteiger partial charge in [-0.1, -0.05) is 0 Å². The summed E-state index contributed by atoms with van der Waals surface area (Å²) in [6.07, 6.45) is -7.41. The van der Waals surface area contributed by atoms with Crippen LogP contribution in [0.5, 0.6) is 0 Å². The monoisotopic (exact) mass is 257 g/mol. The van der Waals surface area contributed by atoms with Gasteiger partial charge < -0.3 is 29.3 Å². The molecule has 1 aliphatic heterocycles. The highest BCUT2D eigenvalue weighted by molar-refractivity contribution is 7.85. The first-order valence-electron chi connectivity index (χ1n) is 4.42. The maximum atomic E-state index is 10.5. The molecule has 96 valence electrons. The molecule has 0 radical (unpaired) electrons. The van der Waals surface area contributed by atoms with Gasteiger partial charge in [0.05, 0.1) is 15.9 Å². The second-order valence-electron chi connectivity index (χ2n) is 3.47. The number of aliphatic hydroxyl groups is 3. The molecular formula is C7H13O8S-. The molecule has 0 amide bonds. The zero-order valence-electron chi connectivity index (χ0n) is 8.38. The van der Waals surface area contributed by atoms with Crippen molar-refractivity contribution in [2.24, 2.45) is 0 Å². The van der Waals surface area contributed by atoms with E-state index in [0.29, 0.717) is 0 Å². The van der Waals surface area contributed by atoms with E-state index in [4.69, 9.17) is 9.84 Å². The Hall–Kier alpha value is -0.290. The Balaban J connectivity index is 2.83. The SMILES string of the molecule is COC1C(CS(=O)(=O)[O-])OC(O)C(O)C1O. The van der Waals surface area contributed by atoms with Gasteiger partial charge in [-0.3, -0.25) is 0 Å². The smallest absolute Gasteiger partial charge is 0.183 e. The maximum absolute atomic E-state index is 10.5. The van der Waals surface area contributed by atoms with Crippen LogP contribution in [0.4, 0.5) is 0 Å². The van der Waals surface area contributed by atoms with Crippen LogP contribution in [0, 0.1) is 0 Å². The Morgan fingerprint density at radius 3 is 2.31 bits per heavy atom. The van der Waals surface area contributed by atoms with Gasteiger partial charge in [0, 0.05) is 7.11 Å². The van der Waals surface area contributed by atoms with Crippen LogP contribution >= 0.6 is 0 Å². The van der Waals surface area contributed by atoms with Crippen molar-refractivity contribution >= 4 is 10.1 Å². The standard InChI is InChI=1S/C7H14O8S/c1-14-6-3(2-16(11,12)13)15-7(10)5(9)4(6)8/h3-10H,2H2,1H3,(H,11,12,13)/p-1. The highest BCUT2D eigenvalue weighted by Gasteiger charge is 2.44. The molecule has 1 rings (SSSR count). The largest absolute Gasteiger partial charge is 0.748 e. The van der Waals surface area contributed by atoms with Gasteiger partial charge in [-0.05, 0) is 0 Å². The van der Waals surface area contributed by atoms with Gasteiger partial charge in [-0.15, -0.1) is 0 Å². The van der Waals surface area contributed by atoms with E-state index < -0.39 is 46.6 Å². The highest BCUT2D eigenvalue weighted by atomic mass is 32.2. The molecule has 0 aliphatic carbocycles. The van der Waals surface area contributed by atoms with Crippen molar-refractivity contribution in [1.29, 1.82) is 0 Å². The summed E-state index contributed by atoms with van der Waals surface area (Å²) in [5.41, 5.74) is 0. The predicted molar refractivity (Wildman–Crippen MR) is 48.3 cm³/mol. The molecule has 9 heteroatoms. The third-order valence-corrected chi connectivity index (χ3v) is 3.04. The normalized spacial score (nSPS) is 40.9. The summed E-state index contributed by atoms with van der Waals surface area (Å²) in [4.78, 5) is 0. The van der Waals surface area contributed by atoms with Crippen LogP contribution in [0.3, 0.4) is 0 Å². The molecule has 3 N–H and O–H groups in total. The van der Waals surface area contributed by atoms with E-state index in [1.54, 1.807) is 0 Å². The minimum Gasteiger partial charge on any atom is -0.748 e. The van der Waals surface area contributed by atoms with Crippen molar-refractivity contribution in [3.8, 4) is 0 Å². The highest BCUT2D eigenvalue weighted by Crippen LogP contribution is 2.22. The minimum absolute atomic E-state index is 0.952. The number of methoxy groups -OCH3 is 1. The first-order chi connectivity index (χ1) is 7.26. The molecule has 5 unspecified atom stereocenters. The van der Waals surface area contributed by atoms with E-state index in [1.165, 1.54) is 0 Å². The molecule has 1 heterocycles. The molecule has 16 heavy (non-hydrogen) atoms. The maximum Gasteiger partial charge on any atom is 0.183 e. The second-order valence-corrected chi connectivity index (χ2v) is 4.92. The van der Waals surface area contributed by atoms with Crippen LogP contribution in [0.2, 0.25) is 0 Å². The lowest BCUT2D eigenvalue weighted by molar-refractivity contribution is -0.281. The topological polar surface area (TPSA) is 136 Å². The van der Waals surface area contributed by atoms with Gasteiger partial charge in [0.15, 0.2) is 6.29 Å². The molecule has 1 fully saturated rings. The average Bonchev–Trinajstić information content (AvgIpc) is 2.12. The van der Waals surface area contributed by atoms with E-state index in [9.17, 15) is 23.2 Å². The Morgan fingerprint density at radius 1 is 1.31 bits per heavy atom. The molecule has 1 saturated heterocycles. The third kappa shape index (κ3) is 3.10. The summed E-state index contributed by atoms with van der Waals surface area (Å²) in [7, 11) is -3.43. The first kappa shape index (κ1) is 13.8. The van der Waals surface area contributed by atoms with Gasteiger partial charge in [0.1, 0.15) is 24.4 Å². The van der Waals surface area contributed by atoms with Crippen molar-refractivity contribution in [1.82, 2.24) is 0 Å². The fourth-order valence-corrected chi connectivity index (χ4v) is 2.22. The summed E-state index contributed by atoms with van der Waals surface area (Å²) in [6.45, 7) is 0. The molecule has 0 saturated carbocycles. The summed E-state index contributed by atoms with van der Waals surface area (Å²) >= 11 is 0. The van der Waals surface area contributed by atoms with Crippen LogP contribution in [0.1, 0.15) is 0 Å². The molecule has 1 aliphatic rings. The number of rotatable bonds is 3. The Labute approximate surface area is 92.2 Å². The van der Waals surface area contributed by atoms with Crippen molar-refractivity contribution in [2.45, 2.75) is 30.7 Å². The lowest BCUT2D eigenvalue weighted by Crippen LogP contribution is -2.59. The van der Waals surface area contributed by atoms with Crippen LogP contribution in [0.25, 0.3) is 0 Å². The van der Waals surface area contributed by atoms with Gasteiger partial charge in [0.2, 0.25) is 0 Å². The summed E-state index contributed by atoms with van der Waals surface area (Å²) in [5, 5.41) is 27.8. The van der Waals surface area contributed by atoms with E-state index in [-0.39, 0.29) is 0 Å². The van der Waals surface area contributed by atoms with E-state index in [1.807, 2.05) is 0 Å². The molecule has 0 bridgehead atoms. The van der Waals surface area contributed by atoms with Crippen molar-refractivity contribution in [2.75, 3.05) is 12.9 Å². The van der Waals surface area contributed by atoms with Crippen LogP contribution in [-0.4, -0.2) is 71.9 Å². The zero-order valence-corrected chi connectivity index (χ0v) is 9.20. The third-order valence-electron chi connectivity index (χ3n) is 2.30. The lowest BCUT2D eigenvalue weighted by atomic mass is 10.00. The molecule has 8 nitrogen and oxygen atoms in total. The molecule has 0 aromatic heterocycles. The minimum atomic E-state index is -4.59. The van der Waals surface area contributed by atoms with Crippen LogP contribution in [-0.2, 0) is 19.6 Å². The predicted octanol–water partition coefficient (Wildman–Crippen LogP) is -3.01. The van der Waals surface area contributed by atoms with E-state index in [2.05, 4.69) is 4.74 Å². The quantitative estimate of drug-likeness (QED) is 0.454. The van der Waals surface area contributed by atoms with E-state index >= 15 is 0 Å². The summed E-state index contributed by atoms with van der Waals surface area (Å²) in [5.74, 6) is -0.952. The molecule has 0 aromatic rings. The summed E-state index contributed by atoms with van der Waals surface area (Å²) < 4.78 is 41.0. The number of hydrogen-bond acceptors (Lipinski definition) is 8. The fraction of sp³-hybridized carbons (Fsp3) is 1.00.